The van der Waals surface area contributed by atoms with Crippen molar-refractivity contribution in [3.8, 4) is 0 Å². The number of aromatic nitrogens is 2. The molecule has 0 unspecified atom stereocenters. The zero-order chi connectivity index (χ0) is 7.73. The molecule has 0 amide bonds. The van der Waals surface area contributed by atoms with Crippen LogP contribution in [0.3, 0.4) is 0 Å². The molecule has 0 aromatic carbocycles. The number of hydrogen-bond donors (Lipinski definition) is 2. The summed E-state index contributed by atoms with van der Waals surface area (Å²) < 4.78 is 0. The number of rotatable bonds is 1. The van der Waals surface area contributed by atoms with E-state index in [1.165, 1.54) is 6.33 Å². The second-order valence-electron chi connectivity index (χ2n) is 2.73. The van der Waals surface area contributed by atoms with Gasteiger partial charge in [0.25, 0.3) is 0 Å². The highest BCUT2D eigenvalue weighted by molar-refractivity contribution is 5.15. The van der Waals surface area contributed by atoms with Crippen molar-refractivity contribution in [2.45, 2.75) is 5.60 Å². The summed E-state index contributed by atoms with van der Waals surface area (Å²) in [6.07, 6.45) is 3.09. The van der Waals surface area contributed by atoms with E-state index in [4.69, 9.17) is 0 Å². The topological polar surface area (TPSA) is 58.0 Å². The summed E-state index contributed by atoms with van der Waals surface area (Å²) in [6, 6.07) is 1.74. The smallest absolute Gasteiger partial charge is 0.131 e. The molecule has 0 radical (unpaired) electrons. The molecule has 1 aliphatic heterocycles. The number of nitrogens with one attached hydrogen (secondary N) is 1. The Balaban J connectivity index is 2.29. The first-order chi connectivity index (χ1) is 5.31. The van der Waals surface area contributed by atoms with Gasteiger partial charge in [-0.25, -0.2) is 9.97 Å². The Morgan fingerprint density at radius 3 is 2.82 bits per heavy atom. The van der Waals surface area contributed by atoms with Gasteiger partial charge < -0.3 is 10.4 Å². The summed E-state index contributed by atoms with van der Waals surface area (Å²) in [7, 11) is 0. The number of hydrogen-bond acceptors (Lipinski definition) is 4. The first-order valence-corrected chi connectivity index (χ1v) is 3.51. The number of nitrogens with zero attached hydrogens (tertiary/aromatic N) is 2. The summed E-state index contributed by atoms with van der Waals surface area (Å²) in [5.41, 5.74) is -0.0469. The van der Waals surface area contributed by atoms with Crippen LogP contribution in [-0.4, -0.2) is 28.2 Å². The van der Waals surface area contributed by atoms with Crippen LogP contribution in [0.5, 0.6) is 0 Å². The molecule has 11 heavy (non-hydrogen) atoms. The van der Waals surface area contributed by atoms with Crippen molar-refractivity contribution in [3.05, 3.63) is 24.3 Å². The van der Waals surface area contributed by atoms with Crippen molar-refractivity contribution in [2.75, 3.05) is 13.1 Å². The summed E-state index contributed by atoms with van der Waals surface area (Å²) in [6.45, 7) is 1.17. The Morgan fingerprint density at radius 2 is 2.36 bits per heavy atom. The highest BCUT2D eigenvalue weighted by Gasteiger charge is 2.37. The van der Waals surface area contributed by atoms with Crippen LogP contribution in [0.15, 0.2) is 18.6 Å². The van der Waals surface area contributed by atoms with Gasteiger partial charge in [0.1, 0.15) is 11.9 Å². The fourth-order valence-electron chi connectivity index (χ4n) is 1.11. The maximum Gasteiger partial charge on any atom is 0.131 e. The molecule has 0 bridgehead atoms. The Morgan fingerprint density at radius 1 is 1.55 bits per heavy atom. The van der Waals surface area contributed by atoms with Crippen LogP contribution < -0.4 is 5.32 Å². The highest BCUT2D eigenvalue weighted by Crippen LogP contribution is 2.21. The first kappa shape index (κ1) is 6.69. The Kier molecular flexibility index (Phi) is 1.37. The minimum atomic E-state index is -0.747. The average Bonchev–Trinajstić information content (AvgIpc) is 2.02. The van der Waals surface area contributed by atoms with Gasteiger partial charge in [0.05, 0.1) is 5.69 Å². The minimum absolute atomic E-state index is 0.587. The zero-order valence-electron chi connectivity index (χ0n) is 5.99. The third-order valence-corrected chi connectivity index (χ3v) is 1.89. The Bertz CT molecular complexity index is 245. The van der Waals surface area contributed by atoms with Crippen LogP contribution in [0.1, 0.15) is 5.69 Å². The van der Waals surface area contributed by atoms with Gasteiger partial charge in [0.2, 0.25) is 0 Å². The van der Waals surface area contributed by atoms with Crippen LogP contribution in [0.4, 0.5) is 0 Å². The van der Waals surface area contributed by atoms with E-state index >= 15 is 0 Å². The van der Waals surface area contributed by atoms with Gasteiger partial charge in [-0.3, -0.25) is 0 Å². The van der Waals surface area contributed by atoms with E-state index in [1.54, 1.807) is 12.3 Å². The summed E-state index contributed by atoms with van der Waals surface area (Å²) in [5, 5.41) is 12.7. The maximum absolute atomic E-state index is 9.73. The van der Waals surface area contributed by atoms with Gasteiger partial charge in [-0.15, -0.1) is 0 Å². The van der Waals surface area contributed by atoms with Crippen LogP contribution in [-0.2, 0) is 5.60 Å². The lowest BCUT2D eigenvalue weighted by molar-refractivity contribution is -0.0187. The second kappa shape index (κ2) is 2.25. The van der Waals surface area contributed by atoms with Crippen molar-refractivity contribution >= 4 is 0 Å². The molecule has 0 spiro atoms. The molecule has 4 heteroatoms. The van der Waals surface area contributed by atoms with Crippen molar-refractivity contribution in [2.24, 2.45) is 0 Å². The molecule has 0 atom stereocenters. The van der Waals surface area contributed by atoms with E-state index in [0.29, 0.717) is 18.8 Å². The second-order valence-corrected chi connectivity index (χ2v) is 2.73. The van der Waals surface area contributed by atoms with E-state index in [1.807, 2.05) is 0 Å². The largest absolute Gasteiger partial charge is 0.381 e. The lowest BCUT2D eigenvalue weighted by Crippen LogP contribution is -2.57. The zero-order valence-corrected chi connectivity index (χ0v) is 5.99. The normalized spacial score (nSPS) is 20.8. The van der Waals surface area contributed by atoms with E-state index in [9.17, 15) is 5.11 Å². The Labute approximate surface area is 64.3 Å². The van der Waals surface area contributed by atoms with Gasteiger partial charge in [-0.05, 0) is 6.07 Å². The Hall–Kier alpha value is -1.00. The van der Waals surface area contributed by atoms with Gasteiger partial charge in [0, 0.05) is 19.3 Å². The SMILES string of the molecule is OC1(c2ccncn2)CNC1. The maximum atomic E-state index is 9.73. The summed E-state index contributed by atoms with van der Waals surface area (Å²) in [5.74, 6) is 0. The molecule has 0 saturated carbocycles. The third-order valence-electron chi connectivity index (χ3n) is 1.89. The van der Waals surface area contributed by atoms with Gasteiger partial charge >= 0.3 is 0 Å². The van der Waals surface area contributed by atoms with Gasteiger partial charge in [-0.2, -0.15) is 0 Å². The lowest BCUT2D eigenvalue weighted by Gasteiger charge is -2.36. The average molecular weight is 151 g/mol. The molecule has 58 valence electrons. The molecule has 2 N–H and O–H groups in total. The number of aliphatic hydroxyl groups is 1. The predicted molar refractivity (Wildman–Crippen MR) is 38.8 cm³/mol. The van der Waals surface area contributed by atoms with E-state index in [-0.39, 0.29) is 0 Å². The third kappa shape index (κ3) is 1.00. The van der Waals surface area contributed by atoms with Gasteiger partial charge in [0.15, 0.2) is 0 Å². The van der Waals surface area contributed by atoms with Crippen molar-refractivity contribution in [1.82, 2.24) is 15.3 Å². The van der Waals surface area contributed by atoms with Gasteiger partial charge in [-0.1, -0.05) is 0 Å². The molecule has 0 aliphatic carbocycles. The quantitative estimate of drug-likeness (QED) is 0.555. The minimum Gasteiger partial charge on any atom is -0.381 e. The highest BCUT2D eigenvalue weighted by atomic mass is 16.3. The van der Waals surface area contributed by atoms with E-state index < -0.39 is 5.60 Å². The summed E-state index contributed by atoms with van der Waals surface area (Å²) >= 11 is 0. The summed E-state index contributed by atoms with van der Waals surface area (Å²) in [4.78, 5) is 7.75. The first-order valence-electron chi connectivity index (χ1n) is 3.51. The fourth-order valence-corrected chi connectivity index (χ4v) is 1.11. The van der Waals surface area contributed by atoms with Crippen molar-refractivity contribution < 1.29 is 5.11 Å². The van der Waals surface area contributed by atoms with Crippen molar-refractivity contribution in [1.29, 1.82) is 0 Å². The molecule has 2 heterocycles. The van der Waals surface area contributed by atoms with Crippen LogP contribution in [0, 0.1) is 0 Å². The molecule has 1 aliphatic rings. The lowest BCUT2D eigenvalue weighted by atomic mass is 9.93. The molecular formula is C7H9N3O. The molecular weight excluding hydrogens is 142 g/mol. The molecule has 2 rings (SSSR count). The molecule has 1 saturated heterocycles. The monoisotopic (exact) mass is 151 g/mol. The molecule has 1 fully saturated rings. The van der Waals surface area contributed by atoms with Crippen molar-refractivity contribution in [3.63, 3.8) is 0 Å². The van der Waals surface area contributed by atoms with Crippen LogP contribution in [0.2, 0.25) is 0 Å². The molecule has 1 aromatic rings. The van der Waals surface area contributed by atoms with Crippen LogP contribution >= 0.6 is 0 Å². The standard InChI is InChI=1S/C7H9N3O/c11-7(3-9-4-7)6-1-2-8-5-10-6/h1-2,5,9,11H,3-4H2. The van der Waals surface area contributed by atoms with E-state index in [0.717, 1.165) is 0 Å². The number of β-amino-alcohol motifs (C(OH)–C–C–N with tert-alkyl or cyclic N) is 1. The van der Waals surface area contributed by atoms with E-state index in [2.05, 4.69) is 15.3 Å². The van der Waals surface area contributed by atoms with Crippen LogP contribution in [0.25, 0.3) is 0 Å². The fraction of sp³-hybridized carbons (Fsp3) is 0.429. The predicted octanol–water partition coefficient (Wildman–Crippen LogP) is -0.733. The molecule has 1 aromatic heterocycles. The molecule has 4 nitrogen and oxygen atoms in total.